The van der Waals surface area contributed by atoms with E-state index in [4.69, 9.17) is 0 Å². The summed E-state index contributed by atoms with van der Waals surface area (Å²) in [7, 11) is 0. The molecule has 1 amide bonds. The molecule has 2 atom stereocenters. The fourth-order valence-corrected chi connectivity index (χ4v) is 1.79. The Morgan fingerprint density at radius 3 is 2.56 bits per heavy atom. The monoisotopic (exact) mass is 301 g/mol. The first kappa shape index (κ1) is 15.8. The Balaban J connectivity index is 3.51. The van der Waals surface area contributed by atoms with Crippen LogP contribution in [0.5, 0.6) is 0 Å². The molecule has 6 heteroatoms. The van der Waals surface area contributed by atoms with Crippen molar-refractivity contribution in [3.8, 4) is 0 Å². The first-order valence-corrected chi connectivity index (χ1v) is 6.12. The zero-order chi connectivity index (χ0) is 12.6. The number of rotatable bonds is 8. The molecule has 0 saturated heterocycles. The molecule has 0 radical (unpaired) electrons. The average molecular weight is 302 g/mol. The van der Waals surface area contributed by atoms with E-state index in [1.165, 1.54) is 0 Å². The zero-order valence-electron chi connectivity index (χ0n) is 9.51. The standard InChI is InChI=1S/C10H18BrF2NO2/c1-7(11)5-8(2)14-10(15)3-4-16-6-9(12)13/h7-9H,3-6H2,1-2H3,(H,14,15). The summed E-state index contributed by atoms with van der Waals surface area (Å²) in [4.78, 5) is 11.6. The van der Waals surface area contributed by atoms with E-state index in [-0.39, 0.29) is 25.0 Å². The number of carbonyl (C=O) groups excluding carboxylic acids is 1. The Hall–Kier alpha value is -0.230. The minimum Gasteiger partial charge on any atom is -0.375 e. The van der Waals surface area contributed by atoms with Gasteiger partial charge in [-0.05, 0) is 13.3 Å². The minimum atomic E-state index is -2.48. The molecule has 2 unspecified atom stereocenters. The third-order valence-electron chi connectivity index (χ3n) is 1.80. The van der Waals surface area contributed by atoms with Crippen LogP contribution in [-0.4, -0.2) is 36.4 Å². The highest BCUT2D eigenvalue weighted by atomic mass is 79.9. The molecule has 0 fully saturated rings. The molecule has 96 valence electrons. The molecule has 0 aromatic carbocycles. The van der Waals surface area contributed by atoms with Crippen molar-refractivity contribution in [1.29, 1.82) is 0 Å². The van der Waals surface area contributed by atoms with E-state index in [0.717, 1.165) is 6.42 Å². The van der Waals surface area contributed by atoms with E-state index in [1.54, 1.807) is 0 Å². The summed E-state index contributed by atoms with van der Waals surface area (Å²) in [5.41, 5.74) is 0. The van der Waals surface area contributed by atoms with Gasteiger partial charge in [0.25, 0.3) is 6.43 Å². The van der Waals surface area contributed by atoms with Crippen molar-refractivity contribution in [3.63, 3.8) is 0 Å². The molecule has 0 aromatic rings. The number of amides is 1. The Kier molecular flexibility index (Phi) is 8.74. The SMILES string of the molecule is CC(Br)CC(C)NC(=O)CCOCC(F)F. The van der Waals surface area contributed by atoms with Crippen LogP contribution in [-0.2, 0) is 9.53 Å². The van der Waals surface area contributed by atoms with E-state index in [9.17, 15) is 13.6 Å². The maximum Gasteiger partial charge on any atom is 0.261 e. The number of nitrogens with one attached hydrogen (secondary N) is 1. The van der Waals surface area contributed by atoms with Gasteiger partial charge in [-0.25, -0.2) is 8.78 Å². The number of hydrogen-bond donors (Lipinski definition) is 1. The Morgan fingerprint density at radius 1 is 1.44 bits per heavy atom. The van der Waals surface area contributed by atoms with Gasteiger partial charge in [0.1, 0.15) is 6.61 Å². The topological polar surface area (TPSA) is 38.3 Å². The molecule has 0 aliphatic carbocycles. The second-order valence-electron chi connectivity index (χ2n) is 3.70. The quantitative estimate of drug-likeness (QED) is 0.552. The molecule has 0 aromatic heterocycles. The Bertz CT molecular complexity index is 203. The Labute approximate surface area is 103 Å². The van der Waals surface area contributed by atoms with Crippen LogP contribution in [0.3, 0.4) is 0 Å². The van der Waals surface area contributed by atoms with Crippen molar-refractivity contribution in [2.45, 2.75) is 44.0 Å². The van der Waals surface area contributed by atoms with Gasteiger partial charge in [-0.2, -0.15) is 0 Å². The van der Waals surface area contributed by atoms with Crippen molar-refractivity contribution >= 4 is 21.8 Å². The van der Waals surface area contributed by atoms with Gasteiger partial charge in [0, 0.05) is 17.3 Å². The third kappa shape index (κ3) is 10.3. The smallest absolute Gasteiger partial charge is 0.261 e. The molecule has 0 spiro atoms. The molecule has 0 aliphatic rings. The predicted molar refractivity (Wildman–Crippen MR) is 62.1 cm³/mol. The summed E-state index contributed by atoms with van der Waals surface area (Å²) in [6.07, 6.45) is -1.53. The zero-order valence-corrected chi connectivity index (χ0v) is 11.1. The number of halogens is 3. The van der Waals surface area contributed by atoms with Crippen molar-refractivity contribution < 1.29 is 18.3 Å². The highest BCUT2D eigenvalue weighted by Crippen LogP contribution is 2.06. The van der Waals surface area contributed by atoms with Crippen LogP contribution in [0.4, 0.5) is 8.78 Å². The predicted octanol–water partition coefficient (Wildman–Crippen LogP) is 2.34. The number of hydrogen-bond acceptors (Lipinski definition) is 2. The molecule has 0 bridgehead atoms. The van der Waals surface area contributed by atoms with E-state index in [2.05, 4.69) is 26.0 Å². The Morgan fingerprint density at radius 2 is 2.06 bits per heavy atom. The largest absolute Gasteiger partial charge is 0.375 e. The van der Waals surface area contributed by atoms with Gasteiger partial charge < -0.3 is 10.1 Å². The molecule has 0 rings (SSSR count). The maximum atomic E-state index is 11.7. The molecule has 0 aliphatic heterocycles. The van der Waals surface area contributed by atoms with Crippen LogP contribution >= 0.6 is 15.9 Å². The van der Waals surface area contributed by atoms with Gasteiger partial charge in [0.05, 0.1) is 6.61 Å². The summed E-state index contributed by atoms with van der Waals surface area (Å²) in [6, 6.07) is 0.0666. The minimum absolute atomic E-state index is 0.0345. The first-order chi connectivity index (χ1) is 7.41. The highest BCUT2D eigenvalue weighted by Gasteiger charge is 2.10. The van der Waals surface area contributed by atoms with Gasteiger partial charge in [-0.15, -0.1) is 0 Å². The van der Waals surface area contributed by atoms with Gasteiger partial charge in [-0.1, -0.05) is 22.9 Å². The molecule has 0 heterocycles. The molecular formula is C10H18BrF2NO2. The van der Waals surface area contributed by atoms with Crippen molar-refractivity contribution in [1.82, 2.24) is 5.32 Å². The summed E-state index contributed by atoms with van der Waals surface area (Å²) in [5, 5.41) is 2.76. The molecule has 1 N–H and O–H groups in total. The van der Waals surface area contributed by atoms with E-state index >= 15 is 0 Å². The molecule has 16 heavy (non-hydrogen) atoms. The fourth-order valence-electron chi connectivity index (χ4n) is 1.23. The van der Waals surface area contributed by atoms with E-state index in [1.807, 2.05) is 13.8 Å². The van der Waals surface area contributed by atoms with Crippen LogP contribution in [0.25, 0.3) is 0 Å². The highest BCUT2D eigenvalue weighted by molar-refractivity contribution is 9.09. The lowest BCUT2D eigenvalue weighted by molar-refractivity contribution is -0.123. The normalized spacial score (nSPS) is 14.9. The van der Waals surface area contributed by atoms with E-state index in [0.29, 0.717) is 4.83 Å². The van der Waals surface area contributed by atoms with Crippen molar-refractivity contribution in [2.24, 2.45) is 0 Å². The second-order valence-corrected chi connectivity index (χ2v) is 5.26. The third-order valence-corrected chi connectivity index (χ3v) is 2.18. The van der Waals surface area contributed by atoms with Crippen LogP contribution in [0.1, 0.15) is 26.7 Å². The number of ether oxygens (including phenoxy) is 1. The lowest BCUT2D eigenvalue weighted by Crippen LogP contribution is -2.34. The van der Waals surface area contributed by atoms with Crippen LogP contribution < -0.4 is 5.32 Å². The molecule has 0 saturated carbocycles. The molecule has 3 nitrogen and oxygen atoms in total. The van der Waals surface area contributed by atoms with Crippen molar-refractivity contribution in [3.05, 3.63) is 0 Å². The summed E-state index contributed by atoms with van der Waals surface area (Å²) >= 11 is 3.39. The van der Waals surface area contributed by atoms with Gasteiger partial charge in [-0.3, -0.25) is 4.79 Å². The summed E-state index contributed by atoms with van der Waals surface area (Å²) in [5.74, 6) is -0.171. The summed E-state index contributed by atoms with van der Waals surface area (Å²) in [6.45, 7) is 3.32. The summed E-state index contributed by atoms with van der Waals surface area (Å²) < 4.78 is 28.0. The van der Waals surface area contributed by atoms with Gasteiger partial charge >= 0.3 is 0 Å². The van der Waals surface area contributed by atoms with Crippen LogP contribution in [0.15, 0.2) is 0 Å². The van der Waals surface area contributed by atoms with Crippen LogP contribution in [0.2, 0.25) is 0 Å². The fraction of sp³-hybridized carbons (Fsp3) is 0.900. The van der Waals surface area contributed by atoms with Crippen molar-refractivity contribution in [2.75, 3.05) is 13.2 Å². The van der Waals surface area contributed by atoms with Gasteiger partial charge in [0.15, 0.2) is 0 Å². The van der Waals surface area contributed by atoms with E-state index < -0.39 is 13.0 Å². The molecular weight excluding hydrogens is 284 g/mol. The second kappa shape index (κ2) is 8.87. The maximum absolute atomic E-state index is 11.7. The lowest BCUT2D eigenvalue weighted by atomic mass is 10.2. The number of carbonyl (C=O) groups is 1. The first-order valence-electron chi connectivity index (χ1n) is 5.21. The number of alkyl halides is 3. The van der Waals surface area contributed by atoms with Gasteiger partial charge in [0.2, 0.25) is 5.91 Å². The van der Waals surface area contributed by atoms with Crippen LogP contribution in [0, 0.1) is 0 Å². The average Bonchev–Trinajstić information content (AvgIpc) is 2.10. The lowest BCUT2D eigenvalue weighted by Gasteiger charge is -2.15.